The molecule has 1 heterocycles. The van der Waals surface area contributed by atoms with Gasteiger partial charge in [0.15, 0.2) is 0 Å². The van der Waals surface area contributed by atoms with E-state index in [0.29, 0.717) is 12.0 Å². The molecule has 2 heteroatoms. The van der Waals surface area contributed by atoms with Crippen LogP contribution in [0.25, 0.3) is 0 Å². The van der Waals surface area contributed by atoms with Crippen LogP contribution in [0.5, 0.6) is 0 Å². The van der Waals surface area contributed by atoms with Crippen molar-refractivity contribution in [2.24, 2.45) is 10.7 Å². The van der Waals surface area contributed by atoms with Gasteiger partial charge in [0.05, 0.1) is 11.9 Å². The van der Waals surface area contributed by atoms with Crippen LogP contribution in [0, 0.1) is 0 Å². The lowest BCUT2D eigenvalue weighted by molar-refractivity contribution is 0.515. The number of aliphatic imine (C=N–C) groups is 1. The van der Waals surface area contributed by atoms with E-state index in [1.807, 2.05) is 0 Å². The van der Waals surface area contributed by atoms with Gasteiger partial charge in [-0.15, -0.1) is 0 Å². The van der Waals surface area contributed by atoms with Gasteiger partial charge in [-0.3, -0.25) is 4.99 Å². The van der Waals surface area contributed by atoms with Crippen molar-refractivity contribution in [1.29, 1.82) is 0 Å². The summed E-state index contributed by atoms with van der Waals surface area (Å²) in [5, 5.41) is 0. The quantitative estimate of drug-likeness (QED) is 0.825. The summed E-state index contributed by atoms with van der Waals surface area (Å²) < 4.78 is 0. The van der Waals surface area contributed by atoms with E-state index in [2.05, 4.69) is 42.2 Å². The van der Waals surface area contributed by atoms with E-state index in [1.165, 1.54) is 12.0 Å². The summed E-state index contributed by atoms with van der Waals surface area (Å²) >= 11 is 0. The molecule has 2 unspecified atom stereocenters. The van der Waals surface area contributed by atoms with Crippen LogP contribution < -0.4 is 5.73 Å². The van der Waals surface area contributed by atoms with Crippen LogP contribution in [0.1, 0.15) is 44.1 Å². The third-order valence-electron chi connectivity index (χ3n) is 3.40. The Morgan fingerprint density at radius 3 is 2.69 bits per heavy atom. The molecule has 0 aromatic heterocycles. The first-order valence-electron chi connectivity index (χ1n) is 6.16. The van der Waals surface area contributed by atoms with Crippen molar-refractivity contribution in [2.75, 3.05) is 0 Å². The van der Waals surface area contributed by atoms with E-state index in [4.69, 9.17) is 5.73 Å². The van der Waals surface area contributed by atoms with Gasteiger partial charge in [0.2, 0.25) is 0 Å². The molecule has 1 aromatic carbocycles. The van der Waals surface area contributed by atoms with Gasteiger partial charge in [-0.2, -0.15) is 0 Å². The van der Waals surface area contributed by atoms with Crippen LogP contribution in [0.3, 0.4) is 0 Å². The van der Waals surface area contributed by atoms with Crippen LogP contribution in [0.15, 0.2) is 35.3 Å². The van der Waals surface area contributed by atoms with Crippen molar-refractivity contribution in [3.63, 3.8) is 0 Å². The van der Waals surface area contributed by atoms with Gasteiger partial charge < -0.3 is 5.73 Å². The second-order valence-corrected chi connectivity index (χ2v) is 4.56. The first kappa shape index (κ1) is 11.2. The first-order valence-corrected chi connectivity index (χ1v) is 6.16. The van der Waals surface area contributed by atoms with Gasteiger partial charge in [-0.1, -0.05) is 37.3 Å². The summed E-state index contributed by atoms with van der Waals surface area (Å²) in [5.41, 5.74) is 7.17. The first-order chi connectivity index (χ1) is 7.79. The number of hydrogen-bond acceptors (Lipinski definition) is 2. The molecule has 2 atom stereocenters. The van der Waals surface area contributed by atoms with Crippen LogP contribution in [-0.4, -0.2) is 11.9 Å². The third kappa shape index (κ3) is 2.63. The normalized spacial score (nSPS) is 21.8. The molecule has 2 nitrogen and oxygen atoms in total. The zero-order valence-corrected chi connectivity index (χ0v) is 9.89. The predicted molar refractivity (Wildman–Crippen MR) is 68.7 cm³/mol. The fraction of sp³-hybridized carbons (Fsp3) is 0.500. The standard InChI is InChI=1S/C14H20N2/c1-2-11(12-6-4-3-5-7-12)10-13-8-9-14(15)16-13/h3-7,11,13H,2,8-10H2,1H3,(H2,15,16). The van der Waals surface area contributed by atoms with E-state index < -0.39 is 0 Å². The predicted octanol–water partition coefficient (Wildman–Crippen LogP) is 3.09. The minimum atomic E-state index is 0.449. The zero-order valence-electron chi connectivity index (χ0n) is 9.89. The van der Waals surface area contributed by atoms with Crippen molar-refractivity contribution >= 4 is 5.84 Å². The van der Waals surface area contributed by atoms with Gasteiger partial charge in [-0.25, -0.2) is 0 Å². The molecule has 0 aliphatic carbocycles. The molecule has 0 amide bonds. The summed E-state index contributed by atoms with van der Waals surface area (Å²) in [4.78, 5) is 4.50. The minimum Gasteiger partial charge on any atom is -0.387 e. The highest BCUT2D eigenvalue weighted by molar-refractivity contribution is 5.82. The van der Waals surface area contributed by atoms with Crippen molar-refractivity contribution < 1.29 is 0 Å². The van der Waals surface area contributed by atoms with E-state index in [-0.39, 0.29) is 0 Å². The number of amidine groups is 1. The Morgan fingerprint density at radius 2 is 2.12 bits per heavy atom. The molecule has 0 saturated carbocycles. The lowest BCUT2D eigenvalue weighted by atomic mass is 9.89. The van der Waals surface area contributed by atoms with E-state index in [1.54, 1.807) is 0 Å². The monoisotopic (exact) mass is 216 g/mol. The van der Waals surface area contributed by atoms with Crippen molar-refractivity contribution in [3.05, 3.63) is 35.9 Å². The largest absolute Gasteiger partial charge is 0.387 e. The Labute approximate surface area is 97.6 Å². The van der Waals surface area contributed by atoms with Crippen LogP contribution in [0.2, 0.25) is 0 Å². The molecule has 86 valence electrons. The summed E-state index contributed by atoms with van der Waals surface area (Å²) in [5.74, 6) is 1.47. The smallest absolute Gasteiger partial charge is 0.0941 e. The molecule has 0 fully saturated rings. The molecule has 0 radical (unpaired) electrons. The molecule has 0 saturated heterocycles. The average Bonchev–Trinajstić information content (AvgIpc) is 2.73. The molecule has 1 aromatic rings. The Balaban J connectivity index is 2.01. The topological polar surface area (TPSA) is 38.4 Å². The van der Waals surface area contributed by atoms with Crippen molar-refractivity contribution in [3.8, 4) is 0 Å². The number of nitrogens with zero attached hydrogens (tertiary/aromatic N) is 1. The fourth-order valence-electron chi connectivity index (χ4n) is 2.44. The number of hydrogen-bond donors (Lipinski definition) is 1. The van der Waals surface area contributed by atoms with Gasteiger partial charge >= 0.3 is 0 Å². The highest BCUT2D eigenvalue weighted by Crippen LogP contribution is 2.28. The van der Waals surface area contributed by atoms with E-state index in [9.17, 15) is 0 Å². The van der Waals surface area contributed by atoms with E-state index >= 15 is 0 Å². The Bertz CT molecular complexity index is 356. The summed E-state index contributed by atoms with van der Waals surface area (Å²) in [6.07, 6.45) is 4.43. The van der Waals surface area contributed by atoms with Crippen molar-refractivity contribution in [2.45, 2.75) is 44.6 Å². The van der Waals surface area contributed by atoms with E-state index in [0.717, 1.165) is 25.1 Å². The zero-order chi connectivity index (χ0) is 11.4. The van der Waals surface area contributed by atoms with Gasteiger partial charge in [-0.05, 0) is 30.7 Å². The fourth-order valence-corrected chi connectivity index (χ4v) is 2.44. The number of nitrogens with two attached hydrogens (primary N) is 1. The average molecular weight is 216 g/mol. The molecule has 16 heavy (non-hydrogen) atoms. The molecule has 1 aliphatic heterocycles. The number of benzene rings is 1. The SMILES string of the molecule is CCC(CC1CCC(N)=N1)c1ccccc1. The summed E-state index contributed by atoms with van der Waals surface area (Å²) in [6, 6.07) is 11.2. The summed E-state index contributed by atoms with van der Waals surface area (Å²) in [6.45, 7) is 2.25. The Hall–Kier alpha value is -1.31. The number of rotatable bonds is 4. The highest BCUT2D eigenvalue weighted by atomic mass is 14.9. The molecule has 1 aliphatic rings. The molecule has 2 rings (SSSR count). The summed E-state index contributed by atoms with van der Waals surface area (Å²) in [7, 11) is 0. The van der Waals surface area contributed by atoms with Crippen LogP contribution in [0.4, 0.5) is 0 Å². The lowest BCUT2D eigenvalue weighted by Crippen LogP contribution is -2.08. The highest BCUT2D eigenvalue weighted by Gasteiger charge is 2.20. The molecule has 0 spiro atoms. The molecular formula is C14H20N2. The maximum Gasteiger partial charge on any atom is 0.0941 e. The molecule has 0 bridgehead atoms. The Kier molecular flexibility index (Phi) is 3.60. The van der Waals surface area contributed by atoms with Gasteiger partial charge in [0.1, 0.15) is 0 Å². The van der Waals surface area contributed by atoms with Gasteiger partial charge in [0, 0.05) is 6.42 Å². The molecule has 2 N–H and O–H groups in total. The second kappa shape index (κ2) is 5.15. The van der Waals surface area contributed by atoms with Crippen molar-refractivity contribution in [1.82, 2.24) is 0 Å². The maximum absolute atomic E-state index is 5.73. The van der Waals surface area contributed by atoms with Crippen LogP contribution >= 0.6 is 0 Å². The minimum absolute atomic E-state index is 0.449. The third-order valence-corrected chi connectivity index (χ3v) is 3.40. The van der Waals surface area contributed by atoms with Crippen LogP contribution in [-0.2, 0) is 0 Å². The Morgan fingerprint density at radius 1 is 1.38 bits per heavy atom. The maximum atomic E-state index is 5.73. The molecular weight excluding hydrogens is 196 g/mol. The van der Waals surface area contributed by atoms with Gasteiger partial charge in [0.25, 0.3) is 0 Å². The lowest BCUT2D eigenvalue weighted by Gasteiger charge is -2.17. The second-order valence-electron chi connectivity index (χ2n) is 4.56.